The van der Waals surface area contributed by atoms with Crippen LogP contribution < -0.4 is 0 Å². The number of nitrogens with zero attached hydrogens (tertiary/aromatic N) is 1. The van der Waals surface area contributed by atoms with Crippen molar-refractivity contribution in [2.75, 3.05) is 40.2 Å². The van der Waals surface area contributed by atoms with Crippen LogP contribution in [0.4, 0.5) is 0 Å². The number of alkyl halides is 1. The molecule has 26 heavy (non-hydrogen) atoms. The SMILES string of the molecule is CCCCCCCCCCCCCCCCOCC(O)CCl.CN(C)C. The Kier molecular flexibility index (Phi) is 27.5. The minimum Gasteiger partial charge on any atom is -0.389 e. The average Bonchev–Trinajstić information content (AvgIpc) is 2.60. The minimum atomic E-state index is -0.506. The van der Waals surface area contributed by atoms with Gasteiger partial charge in [-0.25, -0.2) is 0 Å². The van der Waals surface area contributed by atoms with Gasteiger partial charge >= 0.3 is 0 Å². The molecule has 0 saturated heterocycles. The van der Waals surface area contributed by atoms with E-state index in [1.807, 2.05) is 26.0 Å². The van der Waals surface area contributed by atoms with E-state index in [1.54, 1.807) is 0 Å². The fourth-order valence-corrected chi connectivity index (χ4v) is 2.75. The van der Waals surface area contributed by atoms with E-state index in [4.69, 9.17) is 16.3 Å². The highest BCUT2D eigenvalue weighted by atomic mass is 35.5. The molecule has 0 fully saturated rings. The number of halogens is 1. The van der Waals surface area contributed by atoms with Gasteiger partial charge in [-0.2, -0.15) is 0 Å². The first-order valence-corrected chi connectivity index (χ1v) is 11.5. The van der Waals surface area contributed by atoms with E-state index in [0.29, 0.717) is 6.61 Å². The van der Waals surface area contributed by atoms with Gasteiger partial charge in [0, 0.05) is 6.61 Å². The Balaban J connectivity index is 0. The lowest BCUT2D eigenvalue weighted by Gasteiger charge is -2.07. The number of aliphatic hydroxyl groups is 1. The molecule has 1 N–H and O–H groups in total. The van der Waals surface area contributed by atoms with Crippen molar-refractivity contribution in [1.29, 1.82) is 0 Å². The van der Waals surface area contributed by atoms with Gasteiger partial charge in [0.15, 0.2) is 0 Å². The molecule has 3 nitrogen and oxygen atoms in total. The largest absolute Gasteiger partial charge is 0.389 e. The summed E-state index contributed by atoms with van der Waals surface area (Å²) in [5.41, 5.74) is 0. The zero-order valence-electron chi connectivity index (χ0n) is 18.3. The molecule has 0 heterocycles. The van der Waals surface area contributed by atoms with Crippen LogP contribution in [0.25, 0.3) is 0 Å². The molecular weight excluding hydrogens is 346 g/mol. The molecule has 0 saturated carbocycles. The first-order valence-electron chi connectivity index (χ1n) is 11.0. The van der Waals surface area contributed by atoms with E-state index in [9.17, 15) is 5.11 Å². The van der Waals surface area contributed by atoms with Crippen LogP contribution in [0.5, 0.6) is 0 Å². The monoisotopic (exact) mass is 393 g/mol. The van der Waals surface area contributed by atoms with E-state index >= 15 is 0 Å². The molecule has 0 aliphatic carbocycles. The summed E-state index contributed by atoms with van der Waals surface area (Å²) >= 11 is 5.49. The topological polar surface area (TPSA) is 32.7 Å². The molecule has 0 rings (SSSR count). The Labute approximate surface area is 169 Å². The van der Waals surface area contributed by atoms with Crippen LogP contribution in [0.3, 0.4) is 0 Å². The van der Waals surface area contributed by atoms with Gasteiger partial charge < -0.3 is 14.7 Å². The number of unbranched alkanes of at least 4 members (excludes halogenated alkanes) is 13. The second-order valence-corrected chi connectivity index (χ2v) is 8.13. The smallest absolute Gasteiger partial charge is 0.0908 e. The Morgan fingerprint density at radius 3 is 1.42 bits per heavy atom. The van der Waals surface area contributed by atoms with Crippen molar-refractivity contribution in [3.05, 3.63) is 0 Å². The summed E-state index contributed by atoms with van der Waals surface area (Å²) < 4.78 is 5.36. The number of aliphatic hydroxyl groups excluding tert-OH is 1. The Morgan fingerprint density at radius 2 is 1.08 bits per heavy atom. The minimum absolute atomic E-state index is 0.263. The molecule has 0 spiro atoms. The second-order valence-electron chi connectivity index (χ2n) is 7.82. The molecule has 1 atom stereocenters. The predicted octanol–water partition coefficient (Wildman–Crippen LogP) is 6.26. The summed E-state index contributed by atoms with van der Waals surface area (Å²) in [5.74, 6) is 0.263. The van der Waals surface area contributed by atoms with Crippen LogP contribution >= 0.6 is 11.6 Å². The lowest BCUT2D eigenvalue weighted by molar-refractivity contribution is 0.0461. The average molecular weight is 394 g/mol. The zero-order chi connectivity index (χ0) is 19.9. The Bertz CT molecular complexity index is 237. The van der Waals surface area contributed by atoms with Gasteiger partial charge in [0.2, 0.25) is 0 Å². The molecule has 4 heteroatoms. The molecule has 160 valence electrons. The van der Waals surface area contributed by atoms with Crippen molar-refractivity contribution in [1.82, 2.24) is 4.90 Å². The molecule has 0 aromatic carbocycles. The van der Waals surface area contributed by atoms with Crippen LogP contribution in [0, 0.1) is 0 Å². The highest BCUT2D eigenvalue weighted by molar-refractivity contribution is 6.18. The lowest BCUT2D eigenvalue weighted by Crippen LogP contribution is -2.17. The van der Waals surface area contributed by atoms with Crippen LogP contribution in [-0.4, -0.2) is 56.3 Å². The maximum Gasteiger partial charge on any atom is 0.0908 e. The maximum absolute atomic E-state index is 9.22. The van der Waals surface area contributed by atoms with E-state index in [2.05, 4.69) is 6.92 Å². The second kappa shape index (κ2) is 25.2. The Morgan fingerprint density at radius 1 is 0.731 bits per heavy atom. The predicted molar refractivity (Wildman–Crippen MR) is 117 cm³/mol. The molecular formula is C22H48ClNO2. The molecule has 0 aromatic heterocycles. The summed E-state index contributed by atoms with van der Waals surface area (Å²) in [4.78, 5) is 2.00. The zero-order valence-corrected chi connectivity index (χ0v) is 19.0. The fraction of sp³-hybridized carbons (Fsp3) is 1.00. The van der Waals surface area contributed by atoms with E-state index in [-0.39, 0.29) is 5.88 Å². The molecule has 0 amide bonds. The lowest BCUT2D eigenvalue weighted by atomic mass is 10.0. The quantitative estimate of drug-likeness (QED) is 0.220. The summed E-state index contributed by atoms with van der Waals surface area (Å²) in [5, 5.41) is 9.22. The van der Waals surface area contributed by atoms with Gasteiger partial charge in [-0.15, -0.1) is 11.6 Å². The van der Waals surface area contributed by atoms with Gasteiger partial charge in [0.05, 0.1) is 18.6 Å². The van der Waals surface area contributed by atoms with Gasteiger partial charge in [0.25, 0.3) is 0 Å². The molecule has 0 radical (unpaired) electrons. The van der Waals surface area contributed by atoms with Gasteiger partial charge in [-0.3, -0.25) is 0 Å². The van der Waals surface area contributed by atoms with Crippen molar-refractivity contribution in [3.8, 4) is 0 Å². The van der Waals surface area contributed by atoms with Gasteiger partial charge in [-0.05, 0) is 27.6 Å². The number of ether oxygens (including phenoxy) is 1. The fourth-order valence-electron chi connectivity index (χ4n) is 2.66. The number of hydrogen-bond donors (Lipinski definition) is 1. The molecule has 0 aliphatic rings. The molecule has 0 bridgehead atoms. The van der Waals surface area contributed by atoms with Crippen molar-refractivity contribution < 1.29 is 9.84 Å². The standard InChI is InChI=1S/C19H39ClO2.C3H9N/c1-2-3-4-5-6-7-8-9-10-11-12-13-14-15-16-22-18-19(21)17-20;1-4(2)3/h19,21H,2-18H2,1H3;1-3H3. The van der Waals surface area contributed by atoms with E-state index in [1.165, 1.54) is 83.5 Å². The van der Waals surface area contributed by atoms with Crippen molar-refractivity contribution in [3.63, 3.8) is 0 Å². The third-order valence-electron chi connectivity index (χ3n) is 4.13. The van der Waals surface area contributed by atoms with Gasteiger partial charge in [0.1, 0.15) is 0 Å². The summed E-state index contributed by atoms with van der Waals surface area (Å²) in [6.07, 6.45) is 18.7. The third kappa shape index (κ3) is 31.9. The Hall–Kier alpha value is 0.170. The molecule has 0 aromatic rings. The summed E-state index contributed by atoms with van der Waals surface area (Å²) in [6, 6.07) is 0. The van der Waals surface area contributed by atoms with Crippen LogP contribution in [-0.2, 0) is 4.74 Å². The third-order valence-corrected chi connectivity index (χ3v) is 4.49. The first-order chi connectivity index (χ1) is 12.5. The van der Waals surface area contributed by atoms with Crippen molar-refractivity contribution in [2.24, 2.45) is 0 Å². The highest BCUT2D eigenvalue weighted by Crippen LogP contribution is 2.12. The molecule has 0 aliphatic heterocycles. The molecule has 1 unspecified atom stereocenters. The summed E-state index contributed by atoms with van der Waals surface area (Å²) in [7, 11) is 6.00. The summed E-state index contributed by atoms with van der Waals surface area (Å²) in [6.45, 7) is 3.41. The van der Waals surface area contributed by atoms with Crippen molar-refractivity contribution >= 4 is 11.6 Å². The number of hydrogen-bond acceptors (Lipinski definition) is 3. The first kappa shape index (κ1) is 28.4. The van der Waals surface area contributed by atoms with E-state index in [0.717, 1.165) is 13.0 Å². The van der Waals surface area contributed by atoms with E-state index < -0.39 is 6.10 Å². The van der Waals surface area contributed by atoms with Crippen LogP contribution in [0.1, 0.15) is 96.8 Å². The highest BCUT2D eigenvalue weighted by Gasteiger charge is 2.00. The normalized spacial score (nSPS) is 12.1. The van der Waals surface area contributed by atoms with Crippen LogP contribution in [0.15, 0.2) is 0 Å². The van der Waals surface area contributed by atoms with Crippen LogP contribution in [0.2, 0.25) is 0 Å². The van der Waals surface area contributed by atoms with Gasteiger partial charge in [-0.1, -0.05) is 90.4 Å². The number of rotatable bonds is 18. The maximum atomic E-state index is 9.22. The van der Waals surface area contributed by atoms with Crippen molar-refractivity contribution in [2.45, 2.75) is 103 Å².